The molecule has 0 bridgehead atoms. The Morgan fingerprint density at radius 2 is 1.80 bits per heavy atom. The zero-order valence-electron chi connectivity index (χ0n) is 22.3. The molecule has 3 aromatic heterocycles. The van der Waals surface area contributed by atoms with E-state index in [1.54, 1.807) is 6.20 Å². The van der Waals surface area contributed by atoms with Crippen LogP contribution in [0.1, 0.15) is 34.7 Å². The fraction of sp³-hybridized carbons (Fsp3) is 0.250. The third kappa shape index (κ3) is 5.31. The van der Waals surface area contributed by atoms with Crippen molar-refractivity contribution < 1.29 is 14.1 Å². The van der Waals surface area contributed by atoms with Gasteiger partial charge in [-0.3, -0.25) is 14.7 Å². The Hall–Kier alpha value is -4.56. The lowest BCUT2D eigenvalue weighted by Crippen LogP contribution is -2.34. The van der Waals surface area contributed by atoms with Crippen LogP contribution in [0.2, 0.25) is 0 Å². The maximum absolute atomic E-state index is 13.7. The second kappa shape index (κ2) is 11.3. The minimum absolute atomic E-state index is 0.111. The zero-order valence-corrected chi connectivity index (χ0v) is 22.3. The van der Waals surface area contributed by atoms with Crippen molar-refractivity contribution >= 4 is 16.9 Å². The number of esters is 1. The van der Waals surface area contributed by atoms with Crippen LogP contribution in [-0.4, -0.2) is 46.2 Å². The second-order valence-corrected chi connectivity index (χ2v) is 10.2. The number of nitrogens with zero attached hydrogens (tertiary/aromatic N) is 3. The van der Waals surface area contributed by atoms with Gasteiger partial charge >= 0.3 is 5.97 Å². The number of aromatic amines is 1. The number of piperidine rings is 1. The van der Waals surface area contributed by atoms with E-state index in [4.69, 9.17) is 9.26 Å². The standard InChI is InChI=1S/C32H30N4O4/c1-39-32(38)30-26(31(37)25-11-10-23(18-28(25)34-30)22-7-3-2-4-8-22)17-21-12-15-36(16-13-21)20-24-19-29(35-40-24)27-9-5-6-14-33-27/h2-11,14,18-19,21H,12-13,15-17,20H2,1H3,(H,34,37). The van der Waals surface area contributed by atoms with Crippen LogP contribution < -0.4 is 5.43 Å². The summed E-state index contributed by atoms with van der Waals surface area (Å²) in [5.74, 6) is 0.555. The van der Waals surface area contributed by atoms with E-state index in [2.05, 4.69) is 20.0 Å². The first kappa shape index (κ1) is 25.7. The average Bonchev–Trinajstić information content (AvgIpc) is 3.48. The highest BCUT2D eigenvalue weighted by Gasteiger charge is 2.26. The van der Waals surface area contributed by atoms with Gasteiger partial charge in [-0.05, 0) is 73.7 Å². The van der Waals surface area contributed by atoms with Crippen molar-refractivity contribution in [3.63, 3.8) is 0 Å². The molecule has 4 heterocycles. The average molecular weight is 535 g/mol. The SMILES string of the molecule is COC(=O)c1[nH]c2cc(-c3ccccc3)ccc2c(=O)c1CC1CCN(Cc2cc(-c3ccccn3)no2)CC1. The van der Waals surface area contributed by atoms with Gasteiger partial charge in [-0.1, -0.05) is 47.6 Å². The molecule has 0 saturated carbocycles. The lowest BCUT2D eigenvalue weighted by atomic mass is 9.88. The summed E-state index contributed by atoms with van der Waals surface area (Å²) in [5, 5.41) is 4.75. The van der Waals surface area contributed by atoms with Gasteiger partial charge in [0.1, 0.15) is 11.4 Å². The molecule has 0 aliphatic carbocycles. The summed E-state index contributed by atoms with van der Waals surface area (Å²) < 4.78 is 10.6. The van der Waals surface area contributed by atoms with Crippen LogP contribution in [0.3, 0.4) is 0 Å². The lowest BCUT2D eigenvalue weighted by Gasteiger charge is -2.31. The highest BCUT2D eigenvalue weighted by molar-refractivity contribution is 5.94. The molecule has 0 radical (unpaired) electrons. The summed E-state index contributed by atoms with van der Waals surface area (Å²) in [6.07, 6.45) is 4.08. The maximum Gasteiger partial charge on any atom is 0.354 e. The minimum atomic E-state index is -0.523. The smallest absolute Gasteiger partial charge is 0.354 e. The largest absolute Gasteiger partial charge is 0.464 e. The second-order valence-electron chi connectivity index (χ2n) is 10.2. The summed E-state index contributed by atoms with van der Waals surface area (Å²) in [5.41, 5.74) is 4.79. The van der Waals surface area contributed by atoms with E-state index < -0.39 is 5.97 Å². The molecule has 40 heavy (non-hydrogen) atoms. The highest BCUT2D eigenvalue weighted by Crippen LogP contribution is 2.27. The number of carbonyl (C=O) groups is 1. The van der Waals surface area contributed by atoms with E-state index in [1.165, 1.54) is 7.11 Å². The number of nitrogens with one attached hydrogen (secondary N) is 1. The number of carbonyl (C=O) groups excluding carboxylic acids is 1. The number of likely N-dealkylation sites (tertiary alicyclic amines) is 1. The van der Waals surface area contributed by atoms with Crippen molar-refractivity contribution in [2.24, 2.45) is 5.92 Å². The Kier molecular flexibility index (Phi) is 7.25. The monoisotopic (exact) mass is 534 g/mol. The predicted octanol–water partition coefficient (Wildman–Crippen LogP) is 5.49. The number of ether oxygens (including phenoxy) is 1. The molecule has 1 fully saturated rings. The molecule has 0 spiro atoms. The molecule has 0 unspecified atom stereocenters. The number of methoxy groups -OCH3 is 1. The van der Waals surface area contributed by atoms with Crippen LogP contribution in [0.4, 0.5) is 0 Å². The normalized spacial score (nSPS) is 14.4. The molecule has 1 saturated heterocycles. The summed E-state index contributed by atoms with van der Waals surface area (Å²) in [7, 11) is 1.34. The van der Waals surface area contributed by atoms with Gasteiger partial charge in [-0.15, -0.1) is 0 Å². The molecular formula is C32H30N4O4. The first-order valence-electron chi connectivity index (χ1n) is 13.5. The highest BCUT2D eigenvalue weighted by atomic mass is 16.5. The number of hydrogen-bond donors (Lipinski definition) is 1. The number of H-pyrrole nitrogens is 1. The number of benzene rings is 2. The van der Waals surface area contributed by atoms with Gasteiger partial charge in [0, 0.05) is 23.2 Å². The molecule has 0 amide bonds. The number of pyridine rings is 2. The number of fused-ring (bicyclic) bond motifs is 1. The first-order chi connectivity index (χ1) is 19.6. The van der Waals surface area contributed by atoms with E-state index in [1.807, 2.05) is 72.8 Å². The Morgan fingerprint density at radius 3 is 2.55 bits per heavy atom. The Morgan fingerprint density at radius 1 is 1.00 bits per heavy atom. The number of rotatable bonds is 7. The molecule has 1 N–H and O–H groups in total. The van der Waals surface area contributed by atoms with Gasteiger partial charge in [-0.25, -0.2) is 4.79 Å². The fourth-order valence-corrected chi connectivity index (χ4v) is 5.49. The van der Waals surface area contributed by atoms with E-state index in [0.29, 0.717) is 29.4 Å². The minimum Gasteiger partial charge on any atom is -0.464 e. The van der Waals surface area contributed by atoms with E-state index >= 15 is 0 Å². The first-order valence-corrected chi connectivity index (χ1v) is 13.5. The van der Waals surface area contributed by atoms with Crippen molar-refractivity contribution in [2.45, 2.75) is 25.8 Å². The molecule has 8 nitrogen and oxygen atoms in total. The molecule has 5 aromatic rings. The molecule has 6 rings (SSSR count). The molecule has 0 atom stereocenters. The van der Waals surface area contributed by atoms with Gasteiger partial charge in [-0.2, -0.15) is 0 Å². The van der Waals surface area contributed by atoms with Crippen molar-refractivity contribution in [3.8, 4) is 22.5 Å². The predicted molar refractivity (Wildman–Crippen MR) is 153 cm³/mol. The summed E-state index contributed by atoms with van der Waals surface area (Å²) in [6, 6.07) is 23.3. The summed E-state index contributed by atoms with van der Waals surface area (Å²) in [6.45, 7) is 2.40. The van der Waals surface area contributed by atoms with Crippen molar-refractivity contribution in [2.75, 3.05) is 20.2 Å². The molecular weight excluding hydrogens is 504 g/mol. The van der Waals surface area contributed by atoms with Crippen molar-refractivity contribution in [1.29, 1.82) is 0 Å². The maximum atomic E-state index is 13.7. The van der Waals surface area contributed by atoms with Crippen molar-refractivity contribution in [1.82, 2.24) is 20.0 Å². The molecule has 1 aliphatic rings. The Bertz CT molecular complexity index is 1690. The van der Waals surface area contributed by atoms with Crippen LogP contribution >= 0.6 is 0 Å². The van der Waals surface area contributed by atoms with E-state index in [-0.39, 0.29) is 17.0 Å². The van der Waals surface area contributed by atoms with Gasteiger partial charge in [0.15, 0.2) is 11.2 Å². The van der Waals surface area contributed by atoms with Crippen LogP contribution in [0.5, 0.6) is 0 Å². The summed E-state index contributed by atoms with van der Waals surface area (Å²) >= 11 is 0. The number of aromatic nitrogens is 3. The zero-order chi connectivity index (χ0) is 27.5. The van der Waals surface area contributed by atoms with Crippen LogP contribution in [0, 0.1) is 5.92 Å². The van der Waals surface area contributed by atoms with Gasteiger partial charge in [0.2, 0.25) is 0 Å². The lowest BCUT2D eigenvalue weighted by molar-refractivity contribution is 0.0592. The quantitative estimate of drug-likeness (QED) is 0.276. The molecule has 2 aromatic carbocycles. The fourth-order valence-electron chi connectivity index (χ4n) is 5.49. The third-order valence-corrected chi connectivity index (χ3v) is 7.66. The Balaban J connectivity index is 1.18. The van der Waals surface area contributed by atoms with Crippen molar-refractivity contribution in [3.05, 3.63) is 106 Å². The third-order valence-electron chi connectivity index (χ3n) is 7.66. The van der Waals surface area contributed by atoms with Gasteiger partial charge in [0.25, 0.3) is 0 Å². The van der Waals surface area contributed by atoms with Crippen LogP contribution in [0.25, 0.3) is 33.4 Å². The van der Waals surface area contributed by atoms with E-state index in [9.17, 15) is 9.59 Å². The molecule has 8 heteroatoms. The topological polar surface area (TPSA) is 101 Å². The molecule has 1 aliphatic heterocycles. The van der Waals surface area contributed by atoms with Crippen LogP contribution in [0.15, 0.2) is 88.3 Å². The van der Waals surface area contributed by atoms with Gasteiger partial charge < -0.3 is 14.2 Å². The summed E-state index contributed by atoms with van der Waals surface area (Å²) in [4.78, 5) is 36.3. The van der Waals surface area contributed by atoms with Gasteiger partial charge in [0.05, 0.1) is 24.9 Å². The number of hydrogen-bond acceptors (Lipinski definition) is 7. The van der Waals surface area contributed by atoms with E-state index in [0.717, 1.165) is 54.2 Å². The van der Waals surface area contributed by atoms with Crippen LogP contribution in [-0.2, 0) is 17.7 Å². The Labute approximate surface area is 231 Å². The molecule has 202 valence electrons.